The van der Waals surface area contributed by atoms with Crippen molar-refractivity contribution in [3.63, 3.8) is 0 Å². The molecule has 0 saturated carbocycles. The van der Waals surface area contributed by atoms with Gasteiger partial charge >= 0.3 is 0 Å². The van der Waals surface area contributed by atoms with Gasteiger partial charge < -0.3 is 5.32 Å². The van der Waals surface area contributed by atoms with E-state index in [1.807, 2.05) is 39.3 Å². The molecule has 0 saturated heterocycles. The maximum absolute atomic E-state index is 12.6. The number of aryl methyl sites for hydroxylation is 1. The molecule has 25 heavy (non-hydrogen) atoms. The first-order valence-electron chi connectivity index (χ1n) is 7.84. The number of aromatic nitrogens is 2. The van der Waals surface area contributed by atoms with Crippen molar-refractivity contribution in [1.82, 2.24) is 9.78 Å². The van der Waals surface area contributed by atoms with Crippen LogP contribution in [0.3, 0.4) is 0 Å². The summed E-state index contributed by atoms with van der Waals surface area (Å²) in [6, 6.07) is 6.47. The third kappa shape index (κ3) is 4.60. The van der Waals surface area contributed by atoms with Crippen molar-refractivity contribution >= 4 is 27.3 Å². The first-order valence-corrected chi connectivity index (χ1v) is 9.73. The van der Waals surface area contributed by atoms with Gasteiger partial charge in [0.2, 0.25) is 10.0 Å². The van der Waals surface area contributed by atoms with E-state index < -0.39 is 10.0 Å². The van der Waals surface area contributed by atoms with Crippen LogP contribution in [0.25, 0.3) is 0 Å². The van der Waals surface area contributed by atoms with E-state index in [-0.39, 0.29) is 11.4 Å². The number of sulfonamides is 1. The van der Waals surface area contributed by atoms with Crippen LogP contribution in [0, 0.1) is 13.8 Å². The van der Waals surface area contributed by atoms with Crippen LogP contribution < -0.4 is 10.0 Å². The number of amides is 1. The summed E-state index contributed by atoms with van der Waals surface area (Å²) >= 11 is 0. The highest BCUT2D eigenvalue weighted by molar-refractivity contribution is 7.92. The summed E-state index contributed by atoms with van der Waals surface area (Å²) in [6.07, 6.45) is 1.08. The average molecular weight is 364 g/mol. The average Bonchev–Trinajstić information content (AvgIpc) is 2.74. The summed E-state index contributed by atoms with van der Waals surface area (Å²) < 4.78 is 26.7. The molecule has 0 aliphatic heterocycles. The van der Waals surface area contributed by atoms with E-state index >= 15 is 0 Å². The van der Waals surface area contributed by atoms with Gasteiger partial charge in [-0.3, -0.25) is 14.2 Å². The van der Waals surface area contributed by atoms with Gasteiger partial charge in [0.25, 0.3) is 5.91 Å². The standard InChI is InChI=1S/C17H24N4O3S/c1-11-15(12(2)21(19-11)17(3,4)5)16(22)18-13-7-9-14(10-8-13)20-25(6,23)24/h7-10,20H,1-6H3,(H,18,22). The molecule has 1 amide bonds. The fourth-order valence-electron chi connectivity index (χ4n) is 2.65. The van der Waals surface area contributed by atoms with Gasteiger partial charge in [0.1, 0.15) is 0 Å². The Labute approximate surface area is 148 Å². The first kappa shape index (κ1) is 19.0. The van der Waals surface area contributed by atoms with Crippen molar-refractivity contribution in [2.24, 2.45) is 0 Å². The van der Waals surface area contributed by atoms with Crippen LogP contribution >= 0.6 is 0 Å². The summed E-state index contributed by atoms with van der Waals surface area (Å²) in [5.41, 5.74) is 2.82. The van der Waals surface area contributed by atoms with E-state index in [4.69, 9.17) is 0 Å². The maximum Gasteiger partial charge on any atom is 0.259 e. The van der Waals surface area contributed by atoms with Gasteiger partial charge in [0, 0.05) is 17.1 Å². The molecule has 2 rings (SSSR count). The number of benzene rings is 1. The topological polar surface area (TPSA) is 93.1 Å². The number of hydrogen-bond acceptors (Lipinski definition) is 4. The Morgan fingerprint density at radius 3 is 2.04 bits per heavy atom. The second kappa shape index (κ2) is 6.51. The number of nitrogens with one attached hydrogen (secondary N) is 2. The molecule has 0 spiro atoms. The van der Waals surface area contributed by atoms with Crippen LogP contribution in [-0.4, -0.2) is 30.4 Å². The monoisotopic (exact) mass is 364 g/mol. The Bertz CT molecular complexity index is 891. The van der Waals surface area contributed by atoms with Crippen LogP contribution in [-0.2, 0) is 15.6 Å². The number of rotatable bonds is 4. The molecule has 0 aliphatic rings. The van der Waals surface area contributed by atoms with Gasteiger partial charge in [0.05, 0.1) is 23.1 Å². The smallest absolute Gasteiger partial charge is 0.259 e. The minimum absolute atomic E-state index is 0.216. The lowest BCUT2D eigenvalue weighted by Gasteiger charge is -2.21. The second-order valence-electron chi connectivity index (χ2n) is 7.03. The summed E-state index contributed by atoms with van der Waals surface area (Å²) in [5, 5.41) is 7.30. The van der Waals surface area contributed by atoms with Crippen molar-refractivity contribution < 1.29 is 13.2 Å². The Balaban J connectivity index is 2.22. The van der Waals surface area contributed by atoms with Crippen LogP contribution in [0.15, 0.2) is 24.3 Å². The van der Waals surface area contributed by atoms with E-state index in [1.165, 1.54) is 0 Å². The van der Waals surface area contributed by atoms with Gasteiger partial charge in [-0.25, -0.2) is 8.42 Å². The SMILES string of the molecule is Cc1nn(C(C)(C)C)c(C)c1C(=O)Nc1ccc(NS(C)(=O)=O)cc1. The Hall–Kier alpha value is -2.35. The highest BCUT2D eigenvalue weighted by Crippen LogP contribution is 2.23. The molecule has 2 N–H and O–H groups in total. The van der Waals surface area contributed by atoms with Crippen molar-refractivity contribution in [2.75, 3.05) is 16.3 Å². The van der Waals surface area contributed by atoms with Crippen molar-refractivity contribution in [2.45, 2.75) is 40.2 Å². The molecule has 1 aromatic heterocycles. The van der Waals surface area contributed by atoms with E-state index in [0.29, 0.717) is 22.6 Å². The van der Waals surface area contributed by atoms with Gasteiger partial charge in [-0.1, -0.05) is 0 Å². The molecule has 0 radical (unpaired) electrons. The van der Waals surface area contributed by atoms with Gasteiger partial charge in [-0.05, 0) is 58.9 Å². The Morgan fingerprint density at radius 1 is 1.08 bits per heavy atom. The lowest BCUT2D eigenvalue weighted by atomic mass is 10.1. The van der Waals surface area contributed by atoms with Gasteiger partial charge in [0.15, 0.2) is 0 Å². The molecule has 2 aromatic rings. The zero-order chi connectivity index (χ0) is 19.0. The zero-order valence-corrected chi connectivity index (χ0v) is 16.2. The van der Waals surface area contributed by atoms with Crippen molar-refractivity contribution in [1.29, 1.82) is 0 Å². The highest BCUT2D eigenvalue weighted by atomic mass is 32.2. The van der Waals surface area contributed by atoms with E-state index in [2.05, 4.69) is 15.1 Å². The van der Waals surface area contributed by atoms with Crippen LogP contribution in [0.4, 0.5) is 11.4 Å². The second-order valence-corrected chi connectivity index (χ2v) is 8.78. The van der Waals surface area contributed by atoms with Crippen LogP contribution in [0.5, 0.6) is 0 Å². The summed E-state index contributed by atoms with van der Waals surface area (Å²) in [6.45, 7) is 9.77. The fourth-order valence-corrected chi connectivity index (χ4v) is 3.22. The normalized spacial score (nSPS) is 12.1. The summed E-state index contributed by atoms with van der Waals surface area (Å²) in [4.78, 5) is 12.6. The molecule has 0 bridgehead atoms. The maximum atomic E-state index is 12.6. The van der Waals surface area contributed by atoms with Crippen molar-refractivity contribution in [3.8, 4) is 0 Å². The number of anilines is 2. The molecule has 1 heterocycles. The number of carbonyl (C=O) groups excluding carboxylic acids is 1. The lowest BCUT2D eigenvalue weighted by Crippen LogP contribution is -2.25. The molecule has 8 heteroatoms. The predicted molar refractivity (Wildman–Crippen MR) is 99.6 cm³/mol. The van der Waals surface area contributed by atoms with E-state index in [0.717, 1.165) is 11.9 Å². The van der Waals surface area contributed by atoms with Gasteiger partial charge in [-0.2, -0.15) is 5.10 Å². The number of hydrogen-bond donors (Lipinski definition) is 2. The van der Waals surface area contributed by atoms with E-state index in [1.54, 1.807) is 24.3 Å². The quantitative estimate of drug-likeness (QED) is 0.872. The third-order valence-electron chi connectivity index (χ3n) is 3.60. The minimum atomic E-state index is -3.33. The number of nitrogens with zero attached hydrogens (tertiary/aromatic N) is 2. The Kier molecular flexibility index (Phi) is 4.94. The lowest BCUT2D eigenvalue weighted by molar-refractivity contribution is 0.102. The van der Waals surface area contributed by atoms with Gasteiger partial charge in [-0.15, -0.1) is 0 Å². The molecular weight excluding hydrogens is 340 g/mol. The summed E-state index contributed by atoms with van der Waals surface area (Å²) in [7, 11) is -3.33. The first-order chi connectivity index (χ1) is 11.4. The third-order valence-corrected chi connectivity index (χ3v) is 4.21. The van der Waals surface area contributed by atoms with E-state index in [9.17, 15) is 13.2 Å². The molecule has 0 aliphatic carbocycles. The molecule has 0 unspecified atom stereocenters. The highest BCUT2D eigenvalue weighted by Gasteiger charge is 2.24. The molecule has 136 valence electrons. The van der Waals surface area contributed by atoms with Crippen LogP contribution in [0.2, 0.25) is 0 Å². The Morgan fingerprint density at radius 2 is 1.60 bits per heavy atom. The zero-order valence-electron chi connectivity index (χ0n) is 15.3. The predicted octanol–water partition coefficient (Wildman–Crippen LogP) is 2.88. The molecular formula is C17H24N4O3S. The largest absolute Gasteiger partial charge is 0.322 e. The van der Waals surface area contributed by atoms with Crippen molar-refractivity contribution in [3.05, 3.63) is 41.2 Å². The summed E-state index contributed by atoms with van der Waals surface area (Å²) in [5.74, 6) is -0.241. The molecule has 7 nitrogen and oxygen atoms in total. The number of carbonyl (C=O) groups is 1. The van der Waals surface area contributed by atoms with Crippen LogP contribution in [0.1, 0.15) is 42.5 Å². The molecule has 0 atom stereocenters. The minimum Gasteiger partial charge on any atom is -0.322 e. The molecule has 1 aromatic carbocycles. The fraction of sp³-hybridized carbons (Fsp3) is 0.412. The molecule has 0 fully saturated rings.